The smallest absolute Gasteiger partial charge is 0.170 e. The second-order valence-electron chi connectivity index (χ2n) is 3.74. The van der Waals surface area contributed by atoms with Crippen molar-refractivity contribution in [3.8, 4) is 5.75 Å². The van der Waals surface area contributed by atoms with Gasteiger partial charge in [-0.3, -0.25) is 0 Å². The standard InChI is InChI=1S/C11H11N3OS2/c12-10-7-3-1-2-4-8(7)15-5-9(10)16-11-13-6-14-17-11/h1-4,6,9-10H,5,12H2. The van der Waals surface area contributed by atoms with Crippen LogP contribution in [0.2, 0.25) is 0 Å². The van der Waals surface area contributed by atoms with Gasteiger partial charge >= 0.3 is 0 Å². The molecule has 2 unspecified atom stereocenters. The monoisotopic (exact) mass is 265 g/mol. The Hall–Kier alpha value is -1.11. The maximum absolute atomic E-state index is 6.26. The van der Waals surface area contributed by atoms with Crippen LogP contribution in [0.1, 0.15) is 11.6 Å². The molecular weight excluding hydrogens is 254 g/mol. The molecule has 0 saturated heterocycles. The van der Waals surface area contributed by atoms with E-state index in [0.29, 0.717) is 6.61 Å². The lowest BCUT2D eigenvalue weighted by molar-refractivity contribution is 0.276. The summed E-state index contributed by atoms with van der Waals surface area (Å²) in [6, 6.07) is 7.91. The first kappa shape index (κ1) is 11.0. The van der Waals surface area contributed by atoms with Crippen LogP contribution in [0.5, 0.6) is 5.75 Å². The number of nitrogens with two attached hydrogens (primary N) is 1. The molecule has 3 rings (SSSR count). The van der Waals surface area contributed by atoms with Gasteiger partial charge in [0.05, 0.1) is 5.25 Å². The van der Waals surface area contributed by atoms with E-state index in [9.17, 15) is 0 Å². The maximum atomic E-state index is 6.26. The molecular formula is C11H11N3OS2. The number of fused-ring (bicyclic) bond motifs is 1. The van der Waals surface area contributed by atoms with E-state index in [1.807, 2.05) is 24.3 Å². The summed E-state index contributed by atoms with van der Waals surface area (Å²) in [4.78, 5) is 4.16. The molecule has 1 aromatic heterocycles. The summed E-state index contributed by atoms with van der Waals surface area (Å²) in [5, 5.41) is 0.192. The Labute approximate surface area is 107 Å². The van der Waals surface area contributed by atoms with Crippen molar-refractivity contribution in [1.82, 2.24) is 9.36 Å². The minimum atomic E-state index is -0.0196. The summed E-state index contributed by atoms with van der Waals surface area (Å²) in [7, 11) is 0. The summed E-state index contributed by atoms with van der Waals surface area (Å²) in [6.45, 7) is 0.614. The van der Waals surface area contributed by atoms with Crippen molar-refractivity contribution in [3.63, 3.8) is 0 Å². The molecule has 0 radical (unpaired) electrons. The molecule has 17 heavy (non-hydrogen) atoms. The third-order valence-corrected chi connectivity index (χ3v) is 4.69. The summed E-state index contributed by atoms with van der Waals surface area (Å²) in [5.41, 5.74) is 7.33. The molecule has 2 aromatic rings. The summed E-state index contributed by atoms with van der Waals surface area (Å²) >= 11 is 3.03. The van der Waals surface area contributed by atoms with Gasteiger partial charge in [-0.15, -0.1) is 0 Å². The number of hydrogen-bond donors (Lipinski definition) is 1. The van der Waals surface area contributed by atoms with Crippen LogP contribution in [0.15, 0.2) is 34.9 Å². The highest BCUT2D eigenvalue weighted by Gasteiger charge is 2.29. The number of nitrogens with zero attached hydrogens (tertiary/aromatic N) is 2. The molecule has 6 heteroatoms. The van der Waals surface area contributed by atoms with Crippen molar-refractivity contribution in [2.45, 2.75) is 15.6 Å². The fourth-order valence-corrected chi connectivity index (χ4v) is 3.56. The molecule has 2 heterocycles. The third kappa shape index (κ3) is 2.15. The molecule has 1 aliphatic rings. The lowest BCUT2D eigenvalue weighted by Gasteiger charge is -2.29. The molecule has 0 bridgehead atoms. The van der Waals surface area contributed by atoms with Crippen LogP contribution >= 0.6 is 23.3 Å². The zero-order valence-corrected chi connectivity index (χ0v) is 10.6. The summed E-state index contributed by atoms with van der Waals surface area (Å²) < 4.78 is 10.6. The van der Waals surface area contributed by atoms with Crippen LogP contribution in [-0.4, -0.2) is 21.2 Å². The minimum Gasteiger partial charge on any atom is -0.492 e. The predicted octanol–water partition coefficient (Wildman–Crippen LogP) is 2.09. The van der Waals surface area contributed by atoms with Crippen molar-refractivity contribution in [1.29, 1.82) is 0 Å². The highest BCUT2D eigenvalue weighted by molar-refractivity contribution is 8.01. The largest absolute Gasteiger partial charge is 0.492 e. The highest BCUT2D eigenvalue weighted by Crippen LogP contribution is 2.38. The van der Waals surface area contributed by atoms with Gasteiger partial charge in [0.2, 0.25) is 0 Å². The quantitative estimate of drug-likeness (QED) is 0.901. The van der Waals surface area contributed by atoms with E-state index in [2.05, 4.69) is 9.36 Å². The predicted molar refractivity (Wildman–Crippen MR) is 68.4 cm³/mol. The Morgan fingerprint density at radius 3 is 3.12 bits per heavy atom. The molecule has 2 N–H and O–H groups in total. The van der Waals surface area contributed by atoms with Gasteiger partial charge in [-0.05, 0) is 17.6 Å². The molecule has 0 fully saturated rings. The van der Waals surface area contributed by atoms with Gasteiger partial charge in [-0.25, -0.2) is 4.98 Å². The van der Waals surface area contributed by atoms with Gasteiger partial charge in [0.15, 0.2) is 4.34 Å². The Morgan fingerprint density at radius 2 is 2.29 bits per heavy atom. The van der Waals surface area contributed by atoms with Crippen molar-refractivity contribution < 1.29 is 4.74 Å². The lowest BCUT2D eigenvalue weighted by atomic mass is 10.0. The second kappa shape index (κ2) is 4.64. The zero-order valence-electron chi connectivity index (χ0n) is 8.95. The van der Waals surface area contributed by atoms with Crippen LogP contribution in [0, 0.1) is 0 Å². The molecule has 0 spiro atoms. The van der Waals surface area contributed by atoms with Gasteiger partial charge in [0.1, 0.15) is 18.7 Å². The highest BCUT2D eigenvalue weighted by atomic mass is 32.2. The number of aromatic nitrogens is 2. The fraction of sp³-hybridized carbons (Fsp3) is 0.273. The van der Waals surface area contributed by atoms with Gasteiger partial charge in [0, 0.05) is 11.6 Å². The van der Waals surface area contributed by atoms with Crippen molar-refractivity contribution in [3.05, 3.63) is 36.2 Å². The van der Waals surface area contributed by atoms with Gasteiger partial charge < -0.3 is 10.5 Å². The van der Waals surface area contributed by atoms with Crippen LogP contribution in [0.4, 0.5) is 0 Å². The topological polar surface area (TPSA) is 61.0 Å². The minimum absolute atomic E-state index is 0.0196. The Kier molecular flexibility index (Phi) is 3.00. The third-order valence-electron chi connectivity index (χ3n) is 2.68. The molecule has 1 aromatic carbocycles. The summed E-state index contributed by atoms with van der Waals surface area (Å²) in [5.74, 6) is 0.897. The average molecular weight is 265 g/mol. The Morgan fingerprint density at radius 1 is 1.41 bits per heavy atom. The van der Waals surface area contributed by atoms with E-state index < -0.39 is 0 Å². The first-order valence-electron chi connectivity index (χ1n) is 5.25. The first-order chi connectivity index (χ1) is 8.34. The van der Waals surface area contributed by atoms with Crippen LogP contribution < -0.4 is 10.5 Å². The first-order valence-corrected chi connectivity index (χ1v) is 6.90. The van der Waals surface area contributed by atoms with Crippen molar-refractivity contribution in [2.75, 3.05) is 6.61 Å². The van der Waals surface area contributed by atoms with Crippen molar-refractivity contribution in [2.24, 2.45) is 5.73 Å². The Bertz CT molecular complexity index is 503. The van der Waals surface area contributed by atoms with Gasteiger partial charge in [0.25, 0.3) is 0 Å². The molecule has 0 amide bonds. The number of benzene rings is 1. The maximum Gasteiger partial charge on any atom is 0.170 e. The van der Waals surface area contributed by atoms with E-state index in [1.165, 1.54) is 11.5 Å². The fourth-order valence-electron chi connectivity index (χ4n) is 1.81. The molecule has 4 nitrogen and oxygen atoms in total. The number of para-hydroxylation sites is 1. The molecule has 0 aliphatic carbocycles. The van der Waals surface area contributed by atoms with Crippen LogP contribution in [0.3, 0.4) is 0 Å². The van der Waals surface area contributed by atoms with Crippen molar-refractivity contribution >= 4 is 23.3 Å². The number of rotatable bonds is 2. The number of thioether (sulfide) groups is 1. The normalized spacial score (nSPS) is 22.9. The second-order valence-corrected chi connectivity index (χ2v) is 6.00. The van der Waals surface area contributed by atoms with E-state index >= 15 is 0 Å². The number of ether oxygens (including phenoxy) is 1. The molecule has 88 valence electrons. The van der Waals surface area contributed by atoms with Gasteiger partial charge in [-0.2, -0.15) is 4.37 Å². The van der Waals surface area contributed by atoms with E-state index in [4.69, 9.17) is 10.5 Å². The SMILES string of the molecule is NC1c2ccccc2OCC1Sc1ncns1. The molecule has 0 saturated carbocycles. The van der Waals surface area contributed by atoms with Crippen LogP contribution in [-0.2, 0) is 0 Å². The molecule has 2 atom stereocenters. The van der Waals surface area contributed by atoms with E-state index in [0.717, 1.165) is 15.7 Å². The lowest BCUT2D eigenvalue weighted by Crippen LogP contribution is -2.33. The summed E-state index contributed by atoms with van der Waals surface area (Å²) in [6.07, 6.45) is 1.57. The van der Waals surface area contributed by atoms with Gasteiger partial charge in [-0.1, -0.05) is 30.0 Å². The van der Waals surface area contributed by atoms with E-state index in [1.54, 1.807) is 18.1 Å². The molecule has 1 aliphatic heterocycles. The number of hydrogen-bond acceptors (Lipinski definition) is 6. The van der Waals surface area contributed by atoms with E-state index in [-0.39, 0.29) is 11.3 Å². The Balaban J connectivity index is 1.82. The average Bonchev–Trinajstić information content (AvgIpc) is 2.86. The zero-order chi connectivity index (χ0) is 11.7. The van der Waals surface area contributed by atoms with Crippen LogP contribution in [0.25, 0.3) is 0 Å².